The summed E-state index contributed by atoms with van der Waals surface area (Å²) in [5.41, 5.74) is 6.37. The lowest BCUT2D eigenvalue weighted by Gasteiger charge is -2.39. The molecule has 1 spiro atoms. The molecule has 0 aromatic carbocycles. The Morgan fingerprint density at radius 1 is 1.35 bits per heavy atom. The van der Waals surface area contributed by atoms with E-state index in [-0.39, 0.29) is 5.54 Å². The summed E-state index contributed by atoms with van der Waals surface area (Å²) < 4.78 is 0. The van der Waals surface area contributed by atoms with E-state index < -0.39 is 0 Å². The largest absolute Gasteiger partial charge is 0.370 e. The van der Waals surface area contributed by atoms with Gasteiger partial charge in [0.25, 0.3) is 0 Å². The van der Waals surface area contributed by atoms with Crippen LogP contribution >= 0.6 is 0 Å². The fourth-order valence-electron chi connectivity index (χ4n) is 3.23. The maximum Gasteiger partial charge on any atom is 0.191 e. The first-order valence-electron chi connectivity index (χ1n) is 6.96. The topological polar surface area (TPSA) is 44.9 Å². The molecule has 4 heteroatoms. The van der Waals surface area contributed by atoms with Crippen molar-refractivity contribution in [2.24, 2.45) is 16.6 Å². The van der Waals surface area contributed by atoms with Gasteiger partial charge in [-0.25, -0.2) is 0 Å². The van der Waals surface area contributed by atoms with E-state index in [0.29, 0.717) is 0 Å². The smallest absolute Gasteiger partial charge is 0.191 e. The summed E-state index contributed by atoms with van der Waals surface area (Å²) in [6, 6.07) is 0. The molecule has 1 atom stereocenters. The second kappa shape index (κ2) is 4.16. The standard InChI is InChI=1S/C13H24N4/c1-16-7-2-5-13(6-8-16)10-15-12(14)17(13)9-11-3-4-11/h11H,2-10H2,1H3,(H2,14,15). The van der Waals surface area contributed by atoms with Gasteiger partial charge in [-0.3, -0.25) is 4.99 Å². The molecule has 0 aromatic heterocycles. The number of guanidine groups is 1. The third-order valence-electron chi connectivity index (χ3n) is 4.66. The van der Waals surface area contributed by atoms with Crippen molar-refractivity contribution >= 4 is 5.96 Å². The minimum Gasteiger partial charge on any atom is -0.370 e. The van der Waals surface area contributed by atoms with Crippen molar-refractivity contribution in [3.05, 3.63) is 0 Å². The molecule has 96 valence electrons. The van der Waals surface area contributed by atoms with Crippen LogP contribution in [-0.4, -0.2) is 54.5 Å². The SMILES string of the molecule is CN1CCCC2(CC1)CN=C(N)N2CC1CC1. The fourth-order valence-corrected chi connectivity index (χ4v) is 3.23. The monoisotopic (exact) mass is 236 g/mol. The normalized spacial score (nSPS) is 35.1. The van der Waals surface area contributed by atoms with Gasteiger partial charge in [-0.2, -0.15) is 0 Å². The lowest BCUT2D eigenvalue weighted by Crippen LogP contribution is -2.52. The van der Waals surface area contributed by atoms with Crippen LogP contribution in [-0.2, 0) is 0 Å². The summed E-state index contributed by atoms with van der Waals surface area (Å²) in [5, 5.41) is 0. The Hall–Kier alpha value is -0.770. The Morgan fingerprint density at radius 2 is 2.18 bits per heavy atom. The van der Waals surface area contributed by atoms with E-state index in [0.717, 1.165) is 25.0 Å². The minimum atomic E-state index is 0.261. The van der Waals surface area contributed by atoms with E-state index in [1.165, 1.54) is 45.2 Å². The molecule has 2 N–H and O–H groups in total. The van der Waals surface area contributed by atoms with Crippen molar-refractivity contribution in [1.29, 1.82) is 0 Å². The van der Waals surface area contributed by atoms with Gasteiger partial charge in [0, 0.05) is 13.1 Å². The van der Waals surface area contributed by atoms with Gasteiger partial charge in [0.2, 0.25) is 0 Å². The second-order valence-electron chi connectivity index (χ2n) is 6.11. The minimum absolute atomic E-state index is 0.261. The average molecular weight is 236 g/mol. The van der Waals surface area contributed by atoms with Gasteiger partial charge in [0.05, 0.1) is 12.1 Å². The van der Waals surface area contributed by atoms with Crippen molar-refractivity contribution < 1.29 is 0 Å². The van der Waals surface area contributed by atoms with Gasteiger partial charge in [-0.05, 0) is 51.6 Å². The van der Waals surface area contributed by atoms with Crippen molar-refractivity contribution in [3.63, 3.8) is 0 Å². The third-order valence-corrected chi connectivity index (χ3v) is 4.66. The van der Waals surface area contributed by atoms with E-state index in [4.69, 9.17) is 5.73 Å². The fraction of sp³-hybridized carbons (Fsp3) is 0.923. The molecule has 17 heavy (non-hydrogen) atoms. The first-order valence-corrected chi connectivity index (χ1v) is 6.96. The summed E-state index contributed by atoms with van der Waals surface area (Å²) in [6.45, 7) is 4.49. The molecule has 1 unspecified atom stereocenters. The van der Waals surface area contributed by atoms with Gasteiger partial charge in [-0.15, -0.1) is 0 Å². The van der Waals surface area contributed by atoms with Crippen molar-refractivity contribution in [2.75, 3.05) is 33.2 Å². The zero-order valence-corrected chi connectivity index (χ0v) is 10.9. The van der Waals surface area contributed by atoms with Crippen molar-refractivity contribution in [1.82, 2.24) is 9.80 Å². The molecule has 2 heterocycles. The molecule has 3 rings (SSSR count). The van der Waals surface area contributed by atoms with Crippen LogP contribution in [0, 0.1) is 5.92 Å². The molecule has 1 saturated heterocycles. The van der Waals surface area contributed by atoms with Gasteiger partial charge < -0.3 is 15.5 Å². The Bertz CT molecular complexity index is 323. The van der Waals surface area contributed by atoms with E-state index in [2.05, 4.69) is 21.8 Å². The molecule has 1 saturated carbocycles. The summed E-state index contributed by atoms with van der Waals surface area (Å²) in [4.78, 5) is 9.44. The van der Waals surface area contributed by atoms with Crippen LogP contribution in [0.1, 0.15) is 32.1 Å². The molecule has 2 fully saturated rings. The molecule has 1 aliphatic carbocycles. The van der Waals surface area contributed by atoms with Crippen LogP contribution in [0.5, 0.6) is 0 Å². The van der Waals surface area contributed by atoms with Crippen molar-refractivity contribution in [2.45, 2.75) is 37.6 Å². The molecule has 3 aliphatic rings. The molecule has 2 aliphatic heterocycles. The number of likely N-dealkylation sites (tertiary alicyclic amines) is 1. The predicted molar refractivity (Wildman–Crippen MR) is 70.0 cm³/mol. The highest BCUT2D eigenvalue weighted by atomic mass is 15.4. The molecule has 0 radical (unpaired) electrons. The molecular weight excluding hydrogens is 212 g/mol. The zero-order chi connectivity index (χ0) is 11.9. The number of hydrogen-bond acceptors (Lipinski definition) is 4. The quantitative estimate of drug-likeness (QED) is 0.774. The number of rotatable bonds is 2. The molecule has 4 nitrogen and oxygen atoms in total. The van der Waals surface area contributed by atoms with Crippen LogP contribution in [0.3, 0.4) is 0 Å². The van der Waals surface area contributed by atoms with E-state index in [1.54, 1.807) is 0 Å². The van der Waals surface area contributed by atoms with Gasteiger partial charge in [0.15, 0.2) is 5.96 Å². The lowest BCUT2D eigenvalue weighted by molar-refractivity contribution is 0.169. The second-order valence-corrected chi connectivity index (χ2v) is 6.11. The van der Waals surface area contributed by atoms with Crippen LogP contribution in [0.4, 0.5) is 0 Å². The van der Waals surface area contributed by atoms with Crippen molar-refractivity contribution in [3.8, 4) is 0 Å². The Kier molecular flexibility index (Phi) is 2.77. The van der Waals surface area contributed by atoms with Crippen LogP contribution in [0.2, 0.25) is 0 Å². The number of aliphatic imine (C=N–C) groups is 1. The highest BCUT2D eigenvalue weighted by Gasteiger charge is 2.44. The maximum absolute atomic E-state index is 6.11. The summed E-state index contributed by atoms with van der Waals surface area (Å²) in [6.07, 6.45) is 6.54. The Labute approximate surface area is 104 Å². The van der Waals surface area contributed by atoms with E-state index >= 15 is 0 Å². The first-order chi connectivity index (χ1) is 8.20. The van der Waals surface area contributed by atoms with Gasteiger partial charge in [-0.1, -0.05) is 0 Å². The number of nitrogens with two attached hydrogens (primary N) is 1. The number of nitrogens with zero attached hydrogens (tertiary/aromatic N) is 3. The molecule has 0 bridgehead atoms. The Morgan fingerprint density at radius 3 is 2.94 bits per heavy atom. The molecular formula is C13H24N4. The summed E-state index contributed by atoms with van der Waals surface area (Å²) in [7, 11) is 2.23. The summed E-state index contributed by atoms with van der Waals surface area (Å²) in [5.74, 6) is 1.70. The average Bonchev–Trinajstić information content (AvgIpc) is 3.08. The van der Waals surface area contributed by atoms with E-state index in [1.807, 2.05) is 0 Å². The molecule has 0 aromatic rings. The van der Waals surface area contributed by atoms with Crippen LogP contribution in [0.15, 0.2) is 4.99 Å². The van der Waals surface area contributed by atoms with Crippen LogP contribution < -0.4 is 5.73 Å². The number of hydrogen-bond donors (Lipinski definition) is 1. The Balaban J connectivity index is 1.74. The van der Waals surface area contributed by atoms with E-state index in [9.17, 15) is 0 Å². The maximum atomic E-state index is 6.11. The third kappa shape index (κ3) is 2.15. The predicted octanol–water partition coefficient (Wildman–Crippen LogP) is 0.881. The van der Waals surface area contributed by atoms with Crippen LogP contribution in [0.25, 0.3) is 0 Å². The first kappa shape index (κ1) is 11.3. The zero-order valence-electron chi connectivity index (χ0n) is 10.9. The molecule has 0 amide bonds. The summed E-state index contributed by atoms with van der Waals surface area (Å²) >= 11 is 0. The van der Waals surface area contributed by atoms with Gasteiger partial charge >= 0.3 is 0 Å². The highest BCUT2D eigenvalue weighted by Crippen LogP contribution is 2.37. The highest BCUT2D eigenvalue weighted by molar-refractivity contribution is 5.81. The van der Waals surface area contributed by atoms with Gasteiger partial charge in [0.1, 0.15) is 0 Å². The lowest BCUT2D eigenvalue weighted by atomic mass is 9.89.